The lowest BCUT2D eigenvalue weighted by Crippen LogP contribution is -3.00. The summed E-state index contributed by atoms with van der Waals surface area (Å²) in [6.07, 6.45) is 12.6. The molecule has 1 heterocycles. The number of hydrogen-bond acceptors (Lipinski definition) is 0. The Labute approximate surface area is 98.7 Å². The quantitative estimate of drug-likeness (QED) is 0.458. The Morgan fingerprint density at radius 1 is 1.12 bits per heavy atom. The molecule has 0 aliphatic rings. The number of aromatic nitrogens is 2. The maximum Gasteiger partial charge on any atom is 0.253 e. The first kappa shape index (κ1) is 15.1. The summed E-state index contributed by atoms with van der Waals surface area (Å²) in [6.45, 7) is 5.62. The molecule has 1 aromatic heterocycles. The van der Waals surface area contributed by atoms with Gasteiger partial charge >= 0.3 is 0 Å². The molecular weight excluding hydrogens is 203 g/mol. The van der Waals surface area contributed by atoms with Crippen LogP contribution in [0.1, 0.15) is 51.3 Å². The lowest BCUT2D eigenvalue weighted by atomic mass is 10.1. The molecule has 0 aliphatic heterocycles. The standard InChI is InChI=1S/C13H25N2.FH/c1-4-5-6-7-8-9-10-15-12-11-14(3)13(15)2;/h11-12H,4-10H2,1-3H3;1H/q+1;/p-1. The Bertz CT molecular complexity index is 281. The predicted octanol–water partition coefficient (Wildman–Crippen LogP) is -0.0145. The first-order valence-electron chi connectivity index (χ1n) is 6.27. The van der Waals surface area contributed by atoms with Gasteiger partial charge in [-0.05, 0) is 12.8 Å². The van der Waals surface area contributed by atoms with Crippen LogP contribution >= 0.6 is 0 Å². The van der Waals surface area contributed by atoms with E-state index in [4.69, 9.17) is 0 Å². The van der Waals surface area contributed by atoms with Gasteiger partial charge in [0.2, 0.25) is 0 Å². The number of hydrogen-bond donors (Lipinski definition) is 0. The monoisotopic (exact) mass is 228 g/mol. The Morgan fingerprint density at radius 3 is 2.31 bits per heavy atom. The number of nitrogens with zero attached hydrogens (tertiary/aromatic N) is 2. The van der Waals surface area contributed by atoms with Crippen LogP contribution in [-0.2, 0) is 13.6 Å². The normalized spacial score (nSPS) is 10.2. The van der Waals surface area contributed by atoms with E-state index in [2.05, 4.69) is 42.4 Å². The summed E-state index contributed by atoms with van der Waals surface area (Å²) in [5.41, 5.74) is 0. The highest BCUT2D eigenvalue weighted by molar-refractivity contribution is 4.78. The maximum atomic E-state index is 2.35. The van der Waals surface area contributed by atoms with Gasteiger partial charge in [-0.1, -0.05) is 32.6 Å². The third kappa shape index (κ3) is 4.77. The van der Waals surface area contributed by atoms with Crippen molar-refractivity contribution in [3.63, 3.8) is 0 Å². The molecule has 0 radical (unpaired) electrons. The largest absolute Gasteiger partial charge is 1.00 e. The van der Waals surface area contributed by atoms with Crippen LogP contribution in [0, 0.1) is 6.92 Å². The van der Waals surface area contributed by atoms with Crippen LogP contribution in [-0.4, -0.2) is 4.57 Å². The van der Waals surface area contributed by atoms with Crippen molar-refractivity contribution < 1.29 is 9.27 Å². The first-order valence-corrected chi connectivity index (χ1v) is 6.27. The summed E-state index contributed by atoms with van der Waals surface area (Å²) >= 11 is 0. The lowest BCUT2D eigenvalue weighted by molar-refractivity contribution is -0.677. The smallest absolute Gasteiger partial charge is 0.253 e. The molecule has 0 fully saturated rings. The second-order valence-corrected chi connectivity index (χ2v) is 4.42. The molecule has 1 rings (SSSR count). The van der Waals surface area contributed by atoms with Crippen molar-refractivity contribution in [1.29, 1.82) is 0 Å². The molecule has 0 atom stereocenters. The average Bonchev–Trinajstić information content (AvgIpc) is 2.54. The Kier molecular flexibility index (Phi) is 7.86. The van der Waals surface area contributed by atoms with Crippen LogP contribution in [0.25, 0.3) is 0 Å². The van der Waals surface area contributed by atoms with Crippen LogP contribution < -0.4 is 9.27 Å². The molecule has 16 heavy (non-hydrogen) atoms. The highest BCUT2D eigenvalue weighted by Crippen LogP contribution is 2.06. The van der Waals surface area contributed by atoms with E-state index in [0.29, 0.717) is 0 Å². The molecule has 0 unspecified atom stereocenters. The zero-order valence-corrected chi connectivity index (χ0v) is 10.9. The second kappa shape index (κ2) is 8.31. The fraction of sp³-hybridized carbons (Fsp3) is 0.769. The highest BCUT2D eigenvalue weighted by atomic mass is 19.0. The van der Waals surface area contributed by atoms with E-state index in [1.165, 1.54) is 50.9 Å². The summed E-state index contributed by atoms with van der Waals surface area (Å²) in [5, 5.41) is 0. The molecule has 1 aromatic rings. The summed E-state index contributed by atoms with van der Waals surface area (Å²) < 4.78 is 4.52. The van der Waals surface area contributed by atoms with Gasteiger partial charge in [0.15, 0.2) is 0 Å². The maximum absolute atomic E-state index is 2.35. The molecule has 0 saturated carbocycles. The zero-order valence-electron chi connectivity index (χ0n) is 10.9. The topological polar surface area (TPSA) is 8.81 Å². The van der Waals surface area contributed by atoms with Crippen LogP contribution in [0.3, 0.4) is 0 Å². The Balaban J connectivity index is 0.00000225. The third-order valence-corrected chi connectivity index (χ3v) is 3.15. The number of aryl methyl sites for hydroxylation is 2. The van der Waals surface area contributed by atoms with Gasteiger partial charge < -0.3 is 4.70 Å². The molecule has 0 spiro atoms. The minimum absolute atomic E-state index is 0. The third-order valence-electron chi connectivity index (χ3n) is 3.15. The molecule has 0 bridgehead atoms. The average molecular weight is 228 g/mol. The molecule has 2 nitrogen and oxygen atoms in total. The van der Waals surface area contributed by atoms with Crippen molar-refractivity contribution in [2.24, 2.45) is 7.05 Å². The van der Waals surface area contributed by atoms with Crippen LogP contribution in [0.5, 0.6) is 0 Å². The summed E-state index contributed by atoms with van der Waals surface area (Å²) in [7, 11) is 2.10. The van der Waals surface area contributed by atoms with Crippen LogP contribution in [0.2, 0.25) is 0 Å². The van der Waals surface area contributed by atoms with Gasteiger partial charge in [0.25, 0.3) is 5.82 Å². The van der Waals surface area contributed by atoms with Crippen molar-refractivity contribution in [1.82, 2.24) is 4.57 Å². The van der Waals surface area contributed by atoms with Gasteiger partial charge in [0, 0.05) is 6.92 Å². The molecule has 0 amide bonds. The van der Waals surface area contributed by atoms with E-state index in [1.54, 1.807) is 0 Å². The van der Waals surface area contributed by atoms with Crippen molar-refractivity contribution in [3.8, 4) is 0 Å². The molecule has 0 N–H and O–H groups in total. The lowest BCUT2D eigenvalue weighted by Gasteiger charge is -2.00. The fourth-order valence-corrected chi connectivity index (χ4v) is 1.90. The van der Waals surface area contributed by atoms with Crippen molar-refractivity contribution in [3.05, 3.63) is 18.2 Å². The zero-order chi connectivity index (χ0) is 11.1. The highest BCUT2D eigenvalue weighted by Gasteiger charge is 2.07. The van der Waals surface area contributed by atoms with Crippen molar-refractivity contribution in [2.75, 3.05) is 0 Å². The number of unbranched alkanes of at least 4 members (excludes halogenated alkanes) is 5. The first-order chi connectivity index (χ1) is 7.25. The van der Waals surface area contributed by atoms with Crippen LogP contribution in [0.4, 0.5) is 0 Å². The van der Waals surface area contributed by atoms with Gasteiger partial charge in [-0.3, -0.25) is 0 Å². The van der Waals surface area contributed by atoms with Crippen molar-refractivity contribution in [2.45, 2.75) is 58.9 Å². The molecule has 3 heteroatoms. The van der Waals surface area contributed by atoms with E-state index in [1.807, 2.05) is 0 Å². The summed E-state index contributed by atoms with van der Waals surface area (Å²) in [5.74, 6) is 1.35. The van der Waals surface area contributed by atoms with E-state index >= 15 is 0 Å². The Morgan fingerprint density at radius 2 is 1.75 bits per heavy atom. The van der Waals surface area contributed by atoms with Gasteiger partial charge in [0.1, 0.15) is 12.4 Å². The van der Waals surface area contributed by atoms with Crippen molar-refractivity contribution >= 4 is 0 Å². The number of imidazole rings is 1. The molecule has 0 aliphatic carbocycles. The molecular formula is C13H25FN2. The summed E-state index contributed by atoms with van der Waals surface area (Å²) in [6, 6.07) is 0. The Hall–Kier alpha value is -0.860. The molecule has 0 aromatic carbocycles. The minimum Gasteiger partial charge on any atom is -1.00 e. The fourth-order valence-electron chi connectivity index (χ4n) is 1.90. The van der Waals surface area contributed by atoms with Gasteiger partial charge in [-0.25, -0.2) is 9.13 Å². The minimum atomic E-state index is 0. The molecule has 0 saturated heterocycles. The van der Waals surface area contributed by atoms with Gasteiger partial charge in [0.05, 0.1) is 13.6 Å². The molecule has 94 valence electrons. The number of rotatable bonds is 7. The van der Waals surface area contributed by atoms with Crippen LogP contribution in [0.15, 0.2) is 12.4 Å². The van der Waals surface area contributed by atoms with E-state index in [9.17, 15) is 0 Å². The number of halogens is 1. The summed E-state index contributed by atoms with van der Waals surface area (Å²) in [4.78, 5) is 0. The van der Waals surface area contributed by atoms with E-state index in [0.717, 1.165) is 0 Å². The van der Waals surface area contributed by atoms with E-state index in [-0.39, 0.29) is 4.70 Å². The predicted molar refractivity (Wildman–Crippen MR) is 63.7 cm³/mol. The second-order valence-electron chi connectivity index (χ2n) is 4.42. The van der Waals surface area contributed by atoms with Gasteiger partial charge in [-0.15, -0.1) is 0 Å². The van der Waals surface area contributed by atoms with E-state index < -0.39 is 0 Å². The SMILES string of the molecule is CCCCCCCCn1cc[n+](C)c1C.[F-]. The van der Waals surface area contributed by atoms with Gasteiger partial charge in [-0.2, -0.15) is 0 Å².